The molecule has 194 valence electrons. The number of ether oxygens (including phenoxy) is 1. The largest absolute Gasteiger partial charge is 0.444 e. The van der Waals surface area contributed by atoms with Crippen LogP contribution < -0.4 is 21.7 Å². The molecule has 0 saturated heterocycles. The highest BCUT2D eigenvalue weighted by atomic mass is 16.6. The van der Waals surface area contributed by atoms with Crippen molar-refractivity contribution in [3.63, 3.8) is 0 Å². The fourth-order valence-corrected chi connectivity index (χ4v) is 2.96. The van der Waals surface area contributed by atoms with Gasteiger partial charge in [0.1, 0.15) is 11.6 Å². The van der Waals surface area contributed by atoms with Crippen LogP contribution in [-0.2, 0) is 20.7 Å². The number of nitrogens with one attached hydrogen (secondary N) is 3. The van der Waals surface area contributed by atoms with Gasteiger partial charge in [0.05, 0.1) is 0 Å². The molecule has 2 rings (SSSR count). The number of amides is 3. The first-order valence-corrected chi connectivity index (χ1v) is 11.8. The fraction of sp³-hybridized carbons (Fsp3) is 0.444. The highest BCUT2D eigenvalue weighted by Gasteiger charge is 2.18. The van der Waals surface area contributed by atoms with Gasteiger partial charge in [-0.3, -0.25) is 9.59 Å². The zero-order chi connectivity index (χ0) is 26.9. The number of nitrogens with two attached hydrogens (primary N) is 1. The predicted octanol–water partition coefficient (Wildman–Crippen LogP) is 3.90. The van der Waals surface area contributed by atoms with E-state index < -0.39 is 17.7 Å². The molecule has 0 aromatic heterocycles. The molecule has 35 heavy (non-hydrogen) atoms. The molecule has 0 radical (unpaired) electrons. The van der Waals surface area contributed by atoms with Gasteiger partial charge < -0.3 is 26.4 Å². The van der Waals surface area contributed by atoms with Crippen LogP contribution in [0.4, 0.5) is 10.5 Å². The van der Waals surface area contributed by atoms with E-state index in [4.69, 9.17) is 10.5 Å². The molecule has 2 aromatic carbocycles. The molecule has 0 fully saturated rings. The Morgan fingerprint density at radius 3 is 2.00 bits per heavy atom. The molecule has 0 saturated carbocycles. The lowest BCUT2D eigenvalue weighted by atomic mass is 10.1. The van der Waals surface area contributed by atoms with E-state index in [0.717, 1.165) is 11.3 Å². The number of benzene rings is 2. The number of hydrogen-bond donors (Lipinski definition) is 4. The van der Waals surface area contributed by atoms with E-state index in [9.17, 15) is 14.4 Å². The van der Waals surface area contributed by atoms with E-state index in [2.05, 4.69) is 22.0 Å². The summed E-state index contributed by atoms with van der Waals surface area (Å²) in [6.45, 7) is 13.9. The summed E-state index contributed by atoms with van der Waals surface area (Å²) in [5, 5.41) is 7.73. The van der Waals surface area contributed by atoms with E-state index in [0.29, 0.717) is 12.8 Å². The van der Waals surface area contributed by atoms with E-state index in [1.54, 1.807) is 20.8 Å². The first-order valence-electron chi connectivity index (χ1n) is 11.8. The Balaban J connectivity index is 0.000000870. The highest BCUT2D eigenvalue weighted by molar-refractivity contribution is 5.84. The van der Waals surface area contributed by atoms with Crippen molar-refractivity contribution >= 4 is 24.1 Å². The SMILES string of the molecule is CC.CC(C)(C)OC(=O)NCCNC(=O)[C@@H](Cc1ccccc1)NC=O.Cc1cc(C)cc(N)c1. The molecule has 2 aromatic rings. The highest BCUT2D eigenvalue weighted by Crippen LogP contribution is 2.09. The van der Waals surface area contributed by atoms with Gasteiger partial charge in [-0.25, -0.2) is 4.79 Å². The average Bonchev–Trinajstić information content (AvgIpc) is 2.77. The number of nitrogen functional groups attached to an aromatic ring is 1. The molecule has 0 bridgehead atoms. The van der Waals surface area contributed by atoms with E-state index in [-0.39, 0.29) is 19.0 Å². The Morgan fingerprint density at radius 1 is 0.971 bits per heavy atom. The Morgan fingerprint density at radius 2 is 1.51 bits per heavy atom. The van der Waals surface area contributed by atoms with Crippen molar-refractivity contribution in [3.8, 4) is 0 Å². The van der Waals surface area contributed by atoms with Crippen LogP contribution in [0.1, 0.15) is 51.3 Å². The zero-order valence-electron chi connectivity index (χ0n) is 22.1. The van der Waals surface area contributed by atoms with Crippen molar-refractivity contribution in [2.75, 3.05) is 18.8 Å². The second kappa shape index (κ2) is 17.0. The van der Waals surface area contributed by atoms with Crippen LogP contribution in [0, 0.1) is 13.8 Å². The lowest BCUT2D eigenvalue weighted by Crippen LogP contribution is -2.47. The maximum absolute atomic E-state index is 12.1. The number of rotatable bonds is 8. The Kier molecular flexibility index (Phi) is 15.2. The summed E-state index contributed by atoms with van der Waals surface area (Å²) in [7, 11) is 0. The fourth-order valence-electron chi connectivity index (χ4n) is 2.96. The lowest BCUT2D eigenvalue weighted by Gasteiger charge is -2.20. The van der Waals surface area contributed by atoms with Gasteiger partial charge in [0.2, 0.25) is 12.3 Å². The molecule has 8 nitrogen and oxygen atoms in total. The Labute approximate surface area is 210 Å². The van der Waals surface area contributed by atoms with E-state index in [1.807, 2.05) is 70.2 Å². The van der Waals surface area contributed by atoms with Crippen LogP contribution in [0.15, 0.2) is 48.5 Å². The summed E-state index contributed by atoms with van der Waals surface area (Å²) in [4.78, 5) is 34.3. The molecule has 0 aliphatic carbocycles. The normalized spacial score (nSPS) is 10.8. The number of hydrogen-bond acceptors (Lipinski definition) is 5. The predicted molar refractivity (Wildman–Crippen MR) is 142 cm³/mol. The molecule has 0 aliphatic rings. The van der Waals surface area contributed by atoms with Gasteiger partial charge in [-0.2, -0.15) is 0 Å². The number of alkyl carbamates (subject to hydrolysis) is 1. The standard InChI is InChI=1S/C17H25N3O4.C8H11N.C2H6/c1-17(2,3)24-16(23)19-10-9-18-15(22)14(20-12-21)11-13-7-5-4-6-8-13;1-6-3-7(2)5-8(9)4-6;1-2/h4-8,12,14H,9-11H2,1-3H3,(H,18,22)(H,19,23)(H,20,21);3-5H,9H2,1-2H3;1-2H3/t14-;;/m1../s1. The molecule has 1 atom stereocenters. The Hall–Kier alpha value is -3.55. The second-order valence-corrected chi connectivity index (χ2v) is 8.67. The number of carbonyl (C=O) groups excluding carboxylic acids is 3. The summed E-state index contributed by atoms with van der Waals surface area (Å²) < 4.78 is 5.09. The number of aryl methyl sites for hydroxylation is 2. The molecule has 0 unspecified atom stereocenters. The van der Waals surface area contributed by atoms with Crippen molar-refractivity contribution in [2.45, 2.75) is 66.5 Å². The first kappa shape index (κ1) is 31.4. The minimum atomic E-state index is -0.661. The van der Waals surface area contributed by atoms with Crippen molar-refractivity contribution in [1.29, 1.82) is 0 Å². The van der Waals surface area contributed by atoms with Crippen LogP contribution in [0.5, 0.6) is 0 Å². The van der Waals surface area contributed by atoms with Crippen molar-refractivity contribution in [3.05, 3.63) is 65.2 Å². The number of anilines is 1. The van der Waals surface area contributed by atoms with Gasteiger partial charge in [-0.15, -0.1) is 0 Å². The maximum Gasteiger partial charge on any atom is 0.407 e. The molecule has 5 N–H and O–H groups in total. The van der Waals surface area contributed by atoms with E-state index >= 15 is 0 Å². The molecule has 0 spiro atoms. The van der Waals surface area contributed by atoms with Crippen molar-refractivity contribution < 1.29 is 19.1 Å². The topological polar surface area (TPSA) is 123 Å². The van der Waals surface area contributed by atoms with Crippen molar-refractivity contribution in [1.82, 2.24) is 16.0 Å². The molecule has 8 heteroatoms. The summed E-state index contributed by atoms with van der Waals surface area (Å²) in [5.41, 5.74) is 9.25. The van der Waals surface area contributed by atoms with Crippen molar-refractivity contribution in [2.24, 2.45) is 0 Å². The summed E-state index contributed by atoms with van der Waals surface area (Å²) in [6.07, 6.45) is 0.362. The van der Waals surface area contributed by atoms with Crippen LogP contribution in [0.2, 0.25) is 0 Å². The first-order chi connectivity index (χ1) is 16.5. The van der Waals surface area contributed by atoms with Crippen LogP contribution in [0.3, 0.4) is 0 Å². The molecule has 0 aliphatic heterocycles. The summed E-state index contributed by atoms with van der Waals surface area (Å²) >= 11 is 0. The second-order valence-electron chi connectivity index (χ2n) is 8.67. The number of carbonyl (C=O) groups is 3. The molecule has 0 heterocycles. The molecular weight excluding hydrogens is 444 g/mol. The lowest BCUT2D eigenvalue weighted by molar-refractivity contribution is -0.125. The van der Waals surface area contributed by atoms with Gasteiger partial charge in [0.15, 0.2) is 0 Å². The van der Waals surface area contributed by atoms with Gasteiger partial charge in [-0.1, -0.05) is 50.2 Å². The average molecular weight is 487 g/mol. The third kappa shape index (κ3) is 15.8. The third-order valence-electron chi connectivity index (χ3n) is 4.20. The zero-order valence-corrected chi connectivity index (χ0v) is 22.1. The monoisotopic (exact) mass is 486 g/mol. The van der Waals surface area contributed by atoms with Crippen LogP contribution >= 0.6 is 0 Å². The van der Waals surface area contributed by atoms with E-state index in [1.165, 1.54) is 11.1 Å². The smallest absolute Gasteiger partial charge is 0.407 e. The minimum absolute atomic E-state index is 0.236. The quantitative estimate of drug-likeness (QED) is 0.256. The van der Waals surface area contributed by atoms with Gasteiger partial charge in [0.25, 0.3) is 0 Å². The third-order valence-corrected chi connectivity index (χ3v) is 4.20. The molecule has 3 amide bonds. The van der Waals surface area contributed by atoms with Crippen LogP contribution in [-0.4, -0.2) is 43.1 Å². The maximum atomic E-state index is 12.1. The van der Waals surface area contributed by atoms with Gasteiger partial charge in [0, 0.05) is 25.2 Å². The molecular formula is C27H42N4O4. The summed E-state index contributed by atoms with van der Waals surface area (Å²) in [6, 6.07) is 14.8. The minimum Gasteiger partial charge on any atom is -0.444 e. The van der Waals surface area contributed by atoms with Crippen LogP contribution in [0.25, 0.3) is 0 Å². The summed E-state index contributed by atoms with van der Waals surface area (Å²) in [5.74, 6) is -0.308. The van der Waals surface area contributed by atoms with Gasteiger partial charge in [-0.05, 0) is 63.4 Å². The van der Waals surface area contributed by atoms with Gasteiger partial charge >= 0.3 is 6.09 Å². The Bertz CT molecular complexity index is 845.